The predicted molar refractivity (Wildman–Crippen MR) is 65.7 cm³/mol. The second kappa shape index (κ2) is 7.10. The first-order valence-electron chi connectivity index (χ1n) is 5.58. The third kappa shape index (κ3) is 4.82. The van der Waals surface area contributed by atoms with Gasteiger partial charge in [-0.15, -0.1) is 0 Å². The molecule has 3 N–H and O–H groups in total. The van der Waals surface area contributed by atoms with Crippen LogP contribution >= 0.6 is 11.8 Å². The minimum atomic E-state index is -1.38. The van der Waals surface area contributed by atoms with Gasteiger partial charge in [-0.2, -0.15) is 11.8 Å². The van der Waals surface area contributed by atoms with Crippen molar-refractivity contribution in [2.45, 2.75) is 18.9 Å². The topological polar surface area (TPSA) is 107 Å². The van der Waals surface area contributed by atoms with Crippen LogP contribution in [0.5, 0.6) is 0 Å². The van der Waals surface area contributed by atoms with E-state index in [0.717, 1.165) is 17.9 Å². The summed E-state index contributed by atoms with van der Waals surface area (Å²) in [5, 5.41) is 19.6. The largest absolute Gasteiger partial charge is 0.481 e. The molecule has 1 rings (SSSR count). The standard InChI is InChI=1S/C10H16N2O5S/c13-8(14)6-7(9(15)16)11-10(17)12-2-1-4-18-5-3-12/h7H,1-6H2,(H,11,17)(H,13,14)(H,15,16)/t7-/m1/s1. The molecule has 0 radical (unpaired) electrons. The van der Waals surface area contributed by atoms with Crippen molar-refractivity contribution < 1.29 is 24.6 Å². The Morgan fingerprint density at radius 3 is 2.56 bits per heavy atom. The summed E-state index contributed by atoms with van der Waals surface area (Å²) in [4.78, 5) is 34.6. The SMILES string of the molecule is O=C(O)C[C@@H](NC(=O)N1CCCSCC1)C(=O)O. The highest BCUT2D eigenvalue weighted by molar-refractivity contribution is 7.99. The minimum absolute atomic E-state index is 0.508. The van der Waals surface area contributed by atoms with Gasteiger partial charge in [-0.05, 0) is 12.2 Å². The van der Waals surface area contributed by atoms with Crippen LogP contribution in [-0.4, -0.2) is 63.7 Å². The van der Waals surface area contributed by atoms with E-state index in [9.17, 15) is 14.4 Å². The Bertz CT molecular complexity index is 328. The molecule has 1 aliphatic rings. The van der Waals surface area contributed by atoms with Gasteiger partial charge in [0, 0.05) is 18.8 Å². The third-order valence-corrected chi connectivity index (χ3v) is 3.53. The summed E-state index contributed by atoms with van der Waals surface area (Å²) in [6.45, 7) is 1.12. The number of aliphatic carboxylic acids is 2. The van der Waals surface area contributed by atoms with Crippen LogP contribution < -0.4 is 5.32 Å². The number of thioether (sulfide) groups is 1. The van der Waals surface area contributed by atoms with Crippen molar-refractivity contribution in [3.8, 4) is 0 Å². The number of rotatable bonds is 4. The van der Waals surface area contributed by atoms with E-state index in [1.807, 2.05) is 0 Å². The molecule has 18 heavy (non-hydrogen) atoms. The van der Waals surface area contributed by atoms with E-state index < -0.39 is 30.4 Å². The fourth-order valence-electron chi connectivity index (χ4n) is 1.56. The van der Waals surface area contributed by atoms with E-state index in [4.69, 9.17) is 10.2 Å². The Balaban J connectivity index is 2.53. The summed E-state index contributed by atoms with van der Waals surface area (Å²) in [6, 6.07) is -1.89. The number of hydrogen-bond acceptors (Lipinski definition) is 4. The van der Waals surface area contributed by atoms with Crippen molar-refractivity contribution in [3.63, 3.8) is 0 Å². The Morgan fingerprint density at radius 1 is 1.22 bits per heavy atom. The van der Waals surface area contributed by atoms with E-state index in [-0.39, 0.29) is 0 Å². The normalized spacial score (nSPS) is 17.7. The quantitative estimate of drug-likeness (QED) is 0.670. The zero-order valence-corrected chi connectivity index (χ0v) is 10.6. The highest BCUT2D eigenvalue weighted by atomic mass is 32.2. The number of nitrogens with zero attached hydrogens (tertiary/aromatic N) is 1. The molecule has 2 amide bonds. The summed E-state index contributed by atoms with van der Waals surface area (Å²) in [5.74, 6) is -0.810. The molecule has 0 aromatic rings. The molecule has 0 aromatic carbocycles. The second-order valence-electron chi connectivity index (χ2n) is 3.89. The Kier molecular flexibility index (Phi) is 5.76. The summed E-state index contributed by atoms with van der Waals surface area (Å²) < 4.78 is 0. The molecular weight excluding hydrogens is 260 g/mol. The van der Waals surface area contributed by atoms with Gasteiger partial charge in [0.1, 0.15) is 6.04 Å². The fraction of sp³-hybridized carbons (Fsp3) is 0.700. The zero-order valence-electron chi connectivity index (χ0n) is 9.79. The van der Waals surface area contributed by atoms with Crippen LogP contribution in [0.3, 0.4) is 0 Å². The zero-order chi connectivity index (χ0) is 13.5. The van der Waals surface area contributed by atoms with Crippen LogP contribution in [0, 0.1) is 0 Å². The molecule has 0 spiro atoms. The molecule has 1 aliphatic heterocycles. The molecule has 0 unspecified atom stereocenters. The lowest BCUT2D eigenvalue weighted by Gasteiger charge is -2.22. The number of nitrogens with one attached hydrogen (secondary N) is 1. The second-order valence-corrected chi connectivity index (χ2v) is 5.12. The number of urea groups is 1. The van der Waals surface area contributed by atoms with E-state index in [1.165, 1.54) is 4.90 Å². The van der Waals surface area contributed by atoms with Crippen LogP contribution in [0.25, 0.3) is 0 Å². The number of amides is 2. The maximum atomic E-state index is 11.8. The van der Waals surface area contributed by atoms with Crippen molar-refractivity contribution in [2.24, 2.45) is 0 Å². The van der Waals surface area contributed by atoms with Crippen molar-refractivity contribution in [3.05, 3.63) is 0 Å². The number of carbonyl (C=O) groups is 3. The number of carboxylic acids is 2. The maximum Gasteiger partial charge on any atom is 0.326 e. The Morgan fingerprint density at radius 2 is 1.94 bits per heavy atom. The van der Waals surface area contributed by atoms with E-state index in [2.05, 4.69) is 5.32 Å². The molecule has 0 bridgehead atoms. The third-order valence-electron chi connectivity index (χ3n) is 2.48. The molecule has 0 aromatic heterocycles. The number of carboxylic acid groups (broad SMARTS) is 2. The molecule has 0 saturated carbocycles. The highest BCUT2D eigenvalue weighted by Crippen LogP contribution is 2.10. The first kappa shape index (κ1) is 14.6. The first-order chi connectivity index (χ1) is 8.50. The van der Waals surface area contributed by atoms with Gasteiger partial charge in [-0.3, -0.25) is 4.79 Å². The summed E-state index contributed by atoms with van der Waals surface area (Å²) in [7, 11) is 0. The lowest BCUT2D eigenvalue weighted by molar-refractivity contribution is -0.145. The Hall–Kier alpha value is -1.44. The van der Waals surface area contributed by atoms with Crippen LogP contribution in [0.1, 0.15) is 12.8 Å². The van der Waals surface area contributed by atoms with Gasteiger partial charge < -0.3 is 20.4 Å². The lowest BCUT2D eigenvalue weighted by Crippen LogP contribution is -2.49. The van der Waals surface area contributed by atoms with Gasteiger partial charge in [0.15, 0.2) is 0 Å². The smallest absolute Gasteiger partial charge is 0.326 e. The van der Waals surface area contributed by atoms with E-state index >= 15 is 0 Å². The van der Waals surface area contributed by atoms with Gasteiger partial charge >= 0.3 is 18.0 Å². The molecule has 8 heteroatoms. The molecule has 1 fully saturated rings. The Labute approximate surface area is 109 Å². The van der Waals surface area contributed by atoms with Gasteiger partial charge in [0.2, 0.25) is 0 Å². The van der Waals surface area contributed by atoms with Crippen LogP contribution in [-0.2, 0) is 9.59 Å². The molecule has 7 nitrogen and oxygen atoms in total. The fourth-order valence-corrected chi connectivity index (χ4v) is 2.45. The van der Waals surface area contributed by atoms with E-state index in [0.29, 0.717) is 13.1 Å². The summed E-state index contributed by atoms with van der Waals surface area (Å²) >= 11 is 1.74. The maximum absolute atomic E-state index is 11.8. The number of hydrogen-bond donors (Lipinski definition) is 3. The van der Waals surface area contributed by atoms with Gasteiger partial charge in [0.25, 0.3) is 0 Å². The van der Waals surface area contributed by atoms with Gasteiger partial charge in [-0.1, -0.05) is 0 Å². The first-order valence-corrected chi connectivity index (χ1v) is 6.74. The summed E-state index contributed by atoms with van der Waals surface area (Å²) in [6.07, 6.45) is 0.235. The average Bonchev–Trinajstić information content (AvgIpc) is 2.55. The monoisotopic (exact) mass is 276 g/mol. The van der Waals surface area contributed by atoms with Crippen molar-refractivity contribution >= 4 is 29.7 Å². The molecular formula is C10H16N2O5S. The number of carbonyl (C=O) groups excluding carboxylic acids is 1. The molecule has 1 atom stereocenters. The van der Waals surface area contributed by atoms with Crippen molar-refractivity contribution in [1.29, 1.82) is 0 Å². The van der Waals surface area contributed by atoms with Crippen LogP contribution in [0.15, 0.2) is 0 Å². The average molecular weight is 276 g/mol. The van der Waals surface area contributed by atoms with E-state index in [1.54, 1.807) is 11.8 Å². The van der Waals surface area contributed by atoms with Crippen LogP contribution in [0.2, 0.25) is 0 Å². The molecule has 0 aliphatic carbocycles. The van der Waals surface area contributed by atoms with Gasteiger partial charge in [-0.25, -0.2) is 9.59 Å². The van der Waals surface area contributed by atoms with Gasteiger partial charge in [0.05, 0.1) is 6.42 Å². The summed E-state index contributed by atoms with van der Waals surface area (Å²) in [5.41, 5.74) is 0. The predicted octanol–water partition coefficient (Wildman–Crippen LogP) is 0.0628. The minimum Gasteiger partial charge on any atom is -0.481 e. The molecule has 1 saturated heterocycles. The highest BCUT2D eigenvalue weighted by Gasteiger charge is 2.25. The molecule has 102 valence electrons. The van der Waals surface area contributed by atoms with Crippen molar-refractivity contribution in [1.82, 2.24) is 10.2 Å². The van der Waals surface area contributed by atoms with Crippen LogP contribution in [0.4, 0.5) is 4.79 Å². The van der Waals surface area contributed by atoms with Crippen molar-refractivity contribution in [2.75, 3.05) is 24.6 Å². The molecule has 1 heterocycles. The lowest BCUT2D eigenvalue weighted by atomic mass is 10.2.